The van der Waals surface area contributed by atoms with Crippen LogP contribution in [0.3, 0.4) is 0 Å². The molecule has 0 aromatic heterocycles. The van der Waals surface area contributed by atoms with E-state index in [1.807, 2.05) is 6.92 Å². The zero-order chi connectivity index (χ0) is 17.6. The molecular formula is C15H20ClNO6. The van der Waals surface area contributed by atoms with Crippen LogP contribution in [0.25, 0.3) is 0 Å². The number of hydrogen-bond acceptors (Lipinski definition) is 6. The first-order valence-electron chi connectivity index (χ1n) is 7.42. The molecular weight excluding hydrogens is 326 g/mol. The summed E-state index contributed by atoms with van der Waals surface area (Å²) in [7, 11) is 0. The van der Waals surface area contributed by atoms with Gasteiger partial charge in [0.15, 0.2) is 5.92 Å². The Morgan fingerprint density at radius 1 is 1.22 bits per heavy atom. The van der Waals surface area contributed by atoms with Crippen molar-refractivity contribution in [2.45, 2.75) is 32.6 Å². The van der Waals surface area contributed by atoms with Gasteiger partial charge in [-0.05, 0) is 26.3 Å². The normalized spacial score (nSPS) is 20.6. The number of halogens is 1. The molecule has 0 radical (unpaired) electrons. The summed E-state index contributed by atoms with van der Waals surface area (Å²) in [5, 5.41) is 10.8. The molecule has 8 heteroatoms. The van der Waals surface area contributed by atoms with E-state index in [0.29, 0.717) is 6.42 Å². The lowest BCUT2D eigenvalue weighted by molar-refractivity contribution is -0.422. The largest absolute Gasteiger partial charge is 0.465 e. The average molecular weight is 346 g/mol. The number of esters is 2. The Kier molecular flexibility index (Phi) is 7.22. The number of nitro groups is 1. The van der Waals surface area contributed by atoms with Crippen molar-refractivity contribution in [3.05, 3.63) is 33.5 Å². The van der Waals surface area contributed by atoms with E-state index in [0.717, 1.165) is 0 Å². The molecule has 0 aromatic rings. The third kappa shape index (κ3) is 4.54. The lowest BCUT2D eigenvalue weighted by Crippen LogP contribution is -2.34. The number of allylic oxidation sites excluding steroid dienone is 3. The van der Waals surface area contributed by atoms with Crippen molar-refractivity contribution >= 4 is 23.5 Å². The molecule has 0 aliphatic heterocycles. The highest BCUT2D eigenvalue weighted by atomic mass is 35.5. The first-order chi connectivity index (χ1) is 10.9. The van der Waals surface area contributed by atoms with Crippen LogP contribution in [0.15, 0.2) is 23.4 Å². The van der Waals surface area contributed by atoms with Gasteiger partial charge in [0.05, 0.1) is 29.1 Å². The Morgan fingerprint density at radius 2 is 1.74 bits per heavy atom. The third-order valence-electron chi connectivity index (χ3n) is 3.44. The summed E-state index contributed by atoms with van der Waals surface area (Å²) in [5.74, 6) is -3.52. The van der Waals surface area contributed by atoms with E-state index in [9.17, 15) is 19.7 Å². The summed E-state index contributed by atoms with van der Waals surface area (Å²) in [6.45, 7) is 5.10. The van der Waals surface area contributed by atoms with E-state index in [1.54, 1.807) is 13.8 Å². The minimum Gasteiger partial charge on any atom is -0.465 e. The number of nitrogens with zero attached hydrogens (tertiary/aromatic N) is 1. The van der Waals surface area contributed by atoms with Crippen LogP contribution in [0, 0.1) is 22.0 Å². The molecule has 2 unspecified atom stereocenters. The Morgan fingerprint density at radius 3 is 2.13 bits per heavy atom. The SMILES string of the molecule is CCOC(=O)C(C(=O)OCC)C1=CC(Cl)C(CC)C=C1[N+](=O)[O-]. The van der Waals surface area contributed by atoms with E-state index >= 15 is 0 Å². The van der Waals surface area contributed by atoms with Crippen molar-refractivity contribution in [2.75, 3.05) is 13.2 Å². The summed E-state index contributed by atoms with van der Waals surface area (Å²) >= 11 is 6.21. The second-order valence-corrected chi connectivity index (χ2v) is 5.39. The second-order valence-electron chi connectivity index (χ2n) is 4.88. The van der Waals surface area contributed by atoms with Gasteiger partial charge in [-0.2, -0.15) is 0 Å². The minimum absolute atomic E-state index is 0.0431. The van der Waals surface area contributed by atoms with Crippen LogP contribution in [0.4, 0.5) is 0 Å². The van der Waals surface area contributed by atoms with Crippen LogP contribution >= 0.6 is 11.6 Å². The highest BCUT2D eigenvalue weighted by molar-refractivity contribution is 6.22. The monoisotopic (exact) mass is 345 g/mol. The molecule has 0 saturated carbocycles. The van der Waals surface area contributed by atoms with E-state index < -0.39 is 28.2 Å². The number of rotatable bonds is 7. The third-order valence-corrected chi connectivity index (χ3v) is 3.89. The van der Waals surface area contributed by atoms with Gasteiger partial charge in [-0.25, -0.2) is 0 Å². The van der Waals surface area contributed by atoms with Gasteiger partial charge in [0.2, 0.25) is 0 Å². The molecule has 0 saturated heterocycles. The van der Waals surface area contributed by atoms with Crippen LogP contribution in [0.5, 0.6) is 0 Å². The molecule has 0 bridgehead atoms. The van der Waals surface area contributed by atoms with E-state index in [2.05, 4.69) is 0 Å². The maximum absolute atomic E-state index is 12.1. The fourth-order valence-electron chi connectivity index (χ4n) is 2.33. The molecule has 2 atom stereocenters. The molecule has 0 heterocycles. The molecule has 23 heavy (non-hydrogen) atoms. The van der Waals surface area contributed by atoms with Crippen LogP contribution in [0.1, 0.15) is 27.2 Å². The summed E-state index contributed by atoms with van der Waals surface area (Å²) in [6, 6.07) is 0. The molecule has 1 aliphatic carbocycles. The summed E-state index contributed by atoms with van der Waals surface area (Å²) in [5.41, 5.74) is -0.378. The Hall–Kier alpha value is -1.89. The van der Waals surface area contributed by atoms with Gasteiger partial charge in [0, 0.05) is 5.92 Å². The summed E-state index contributed by atoms with van der Waals surface area (Å²) < 4.78 is 9.74. The molecule has 7 nitrogen and oxygen atoms in total. The van der Waals surface area contributed by atoms with Crippen molar-refractivity contribution in [2.24, 2.45) is 11.8 Å². The van der Waals surface area contributed by atoms with Crippen LogP contribution in [-0.2, 0) is 19.1 Å². The van der Waals surface area contributed by atoms with Gasteiger partial charge >= 0.3 is 11.9 Å². The molecule has 0 spiro atoms. The first-order valence-corrected chi connectivity index (χ1v) is 7.86. The maximum atomic E-state index is 12.1. The molecule has 0 amide bonds. The molecule has 1 aliphatic rings. The molecule has 1 rings (SSSR count). The quantitative estimate of drug-likeness (QED) is 0.231. The van der Waals surface area contributed by atoms with Crippen molar-refractivity contribution in [3.8, 4) is 0 Å². The Labute approximate surface area is 139 Å². The highest BCUT2D eigenvalue weighted by Crippen LogP contribution is 2.34. The highest BCUT2D eigenvalue weighted by Gasteiger charge is 2.42. The Balaban J connectivity index is 3.31. The smallest absolute Gasteiger partial charge is 0.325 e. The van der Waals surface area contributed by atoms with Gasteiger partial charge in [-0.3, -0.25) is 19.7 Å². The van der Waals surface area contributed by atoms with E-state index in [4.69, 9.17) is 21.1 Å². The predicted octanol–water partition coefficient (Wildman–Crippen LogP) is 2.46. The Bertz CT molecular complexity index is 524. The standard InChI is InChI=1S/C15H20ClNO6/c1-4-9-7-12(17(20)21)10(8-11(9)16)13(14(18)22-5-2)15(19)23-6-3/h7-9,11,13H,4-6H2,1-3H3. The fraction of sp³-hybridized carbons (Fsp3) is 0.600. The first kappa shape index (κ1) is 19.2. The summed E-state index contributed by atoms with van der Waals surface area (Å²) in [6.07, 6.45) is 3.36. The maximum Gasteiger partial charge on any atom is 0.325 e. The predicted molar refractivity (Wildman–Crippen MR) is 83.3 cm³/mol. The van der Waals surface area contributed by atoms with Crippen LogP contribution in [0.2, 0.25) is 0 Å². The molecule has 0 fully saturated rings. The number of carbonyl (C=O) groups is 2. The zero-order valence-corrected chi connectivity index (χ0v) is 14.0. The summed E-state index contributed by atoms with van der Waals surface area (Å²) in [4.78, 5) is 35.0. The van der Waals surface area contributed by atoms with E-state index in [-0.39, 0.29) is 30.4 Å². The molecule has 0 N–H and O–H groups in total. The van der Waals surface area contributed by atoms with Crippen molar-refractivity contribution in [1.29, 1.82) is 0 Å². The topological polar surface area (TPSA) is 95.7 Å². The molecule has 0 aromatic carbocycles. The van der Waals surface area contributed by atoms with Crippen LogP contribution in [-0.4, -0.2) is 35.5 Å². The molecule has 128 valence electrons. The van der Waals surface area contributed by atoms with Crippen molar-refractivity contribution in [1.82, 2.24) is 0 Å². The number of hydrogen-bond donors (Lipinski definition) is 0. The zero-order valence-electron chi connectivity index (χ0n) is 13.3. The fourth-order valence-corrected chi connectivity index (χ4v) is 2.71. The van der Waals surface area contributed by atoms with E-state index in [1.165, 1.54) is 12.2 Å². The number of alkyl halides is 1. The van der Waals surface area contributed by atoms with Gasteiger partial charge < -0.3 is 9.47 Å². The lowest BCUT2D eigenvalue weighted by Gasteiger charge is -2.23. The van der Waals surface area contributed by atoms with Gasteiger partial charge in [0.25, 0.3) is 5.70 Å². The second kappa shape index (κ2) is 8.67. The number of carbonyl (C=O) groups excluding carboxylic acids is 2. The van der Waals surface area contributed by atoms with Crippen molar-refractivity contribution in [3.63, 3.8) is 0 Å². The van der Waals surface area contributed by atoms with Gasteiger partial charge in [0.1, 0.15) is 0 Å². The average Bonchev–Trinajstić information content (AvgIpc) is 2.47. The van der Waals surface area contributed by atoms with Gasteiger partial charge in [-0.15, -0.1) is 11.6 Å². The van der Waals surface area contributed by atoms with Crippen molar-refractivity contribution < 1.29 is 24.0 Å². The minimum atomic E-state index is -1.51. The number of ether oxygens (including phenoxy) is 2. The lowest BCUT2D eigenvalue weighted by atomic mass is 9.85. The van der Waals surface area contributed by atoms with Crippen LogP contribution < -0.4 is 0 Å². The van der Waals surface area contributed by atoms with Gasteiger partial charge in [-0.1, -0.05) is 13.0 Å².